The summed E-state index contributed by atoms with van der Waals surface area (Å²) in [4.78, 5) is 11.0. The van der Waals surface area contributed by atoms with Crippen LogP contribution in [0.25, 0.3) is 0 Å². The molecule has 0 unspecified atom stereocenters. The third-order valence-electron chi connectivity index (χ3n) is 1.70. The van der Waals surface area contributed by atoms with E-state index in [9.17, 15) is 13.6 Å². The molecule has 76 valence electrons. The zero-order valence-electron chi connectivity index (χ0n) is 7.53. The first-order valence-electron chi connectivity index (χ1n) is 3.71. The molecule has 0 aliphatic rings. The summed E-state index contributed by atoms with van der Waals surface area (Å²) in [6.07, 6.45) is 0. The zero-order chi connectivity index (χ0) is 10.9. The van der Waals surface area contributed by atoms with Crippen LogP contribution >= 0.6 is 11.6 Å². The third-order valence-corrected chi connectivity index (χ3v) is 2.04. The molecule has 0 aliphatic heterocycles. The van der Waals surface area contributed by atoms with Gasteiger partial charge in [0.25, 0.3) is 0 Å². The largest absolute Gasteiger partial charge is 0.494 e. The van der Waals surface area contributed by atoms with E-state index in [2.05, 4.69) is 0 Å². The average Bonchev–Trinajstić information content (AvgIpc) is 2.13. The molecular weight excluding hydrogens is 214 g/mol. The Kier molecular flexibility index (Phi) is 3.06. The Bertz CT molecular complexity index is 391. The number of carbonyl (C=O) groups excluding carboxylic acids is 1. The lowest BCUT2D eigenvalue weighted by atomic mass is 10.1. The lowest BCUT2D eigenvalue weighted by Gasteiger charge is -2.08. The predicted octanol–water partition coefficient (Wildman–Crippen LogP) is 2.83. The molecule has 0 radical (unpaired) electrons. The first kappa shape index (κ1) is 10.9. The van der Waals surface area contributed by atoms with Crippen molar-refractivity contribution in [1.29, 1.82) is 0 Å². The van der Waals surface area contributed by atoms with E-state index in [1.165, 1.54) is 14.0 Å². The van der Waals surface area contributed by atoms with E-state index in [-0.39, 0.29) is 11.3 Å². The number of methoxy groups -OCH3 is 1. The van der Waals surface area contributed by atoms with Gasteiger partial charge < -0.3 is 4.74 Å². The van der Waals surface area contributed by atoms with E-state index in [1.807, 2.05) is 0 Å². The standard InChI is InChI=1S/C9H7ClF2O2/c1-4(13)5-3-6(11)8(12)7(10)9(5)14-2/h3H,1-2H3. The van der Waals surface area contributed by atoms with Crippen LogP contribution in [0.2, 0.25) is 5.02 Å². The number of hydrogen-bond acceptors (Lipinski definition) is 2. The number of ketones is 1. The smallest absolute Gasteiger partial charge is 0.181 e. The van der Waals surface area contributed by atoms with Gasteiger partial charge in [0.15, 0.2) is 23.2 Å². The summed E-state index contributed by atoms with van der Waals surface area (Å²) in [5, 5.41) is -0.516. The molecule has 5 heteroatoms. The van der Waals surface area contributed by atoms with E-state index >= 15 is 0 Å². The van der Waals surface area contributed by atoms with Gasteiger partial charge in [-0.25, -0.2) is 8.78 Å². The molecular formula is C9H7ClF2O2. The minimum Gasteiger partial charge on any atom is -0.494 e. The summed E-state index contributed by atoms with van der Waals surface area (Å²) in [5.41, 5.74) is -0.0728. The van der Waals surface area contributed by atoms with Crippen LogP contribution in [0.1, 0.15) is 17.3 Å². The molecule has 0 saturated carbocycles. The summed E-state index contributed by atoms with van der Waals surface area (Å²) < 4.78 is 30.5. The molecule has 1 rings (SSSR count). The van der Waals surface area contributed by atoms with Crippen LogP contribution in [-0.4, -0.2) is 12.9 Å². The monoisotopic (exact) mass is 220 g/mol. The highest BCUT2D eigenvalue weighted by atomic mass is 35.5. The zero-order valence-corrected chi connectivity index (χ0v) is 8.28. The van der Waals surface area contributed by atoms with Gasteiger partial charge in [0.1, 0.15) is 5.02 Å². The molecule has 0 saturated heterocycles. The summed E-state index contributed by atoms with van der Waals surface area (Å²) in [7, 11) is 1.23. The van der Waals surface area contributed by atoms with Crippen LogP contribution in [-0.2, 0) is 0 Å². The number of hydrogen-bond donors (Lipinski definition) is 0. The van der Waals surface area contributed by atoms with Crippen molar-refractivity contribution in [3.05, 3.63) is 28.3 Å². The quantitative estimate of drug-likeness (QED) is 0.566. The molecule has 0 fully saturated rings. The fraction of sp³-hybridized carbons (Fsp3) is 0.222. The highest BCUT2D eigenvalue weighted by Gasteiger charge is 2.19. The topological polar surface area (TPSA) is 26.3 Å². The molecule has 14 heavy (non-hydrogen) atoms. The second-order valence-electron chi connectivity index (χ2n) is 2.62. The predicted molar refractivity (Wildman–Crippen MR) is 47.9 cm³/mol. The summed E-state index contributed by atoms with van der Waals surface area (Å²) >= 11 is 5.46. The van der Waals surface area contributed by atoms with E-state index in [0.29, 0.717) is 0 Å². The Hall–Kier alpha value is -1.16. The maximum atomic E-state index is 12.9. The van der Waals surface area contributed by atoms with Crippen LogP contribution in [0.15, 0.2) is 6.07 Å². The van der Waals surface area contributed by atoms with Crippen molar-refractivity contribution in [3.63, 3.8) is 0 Å². The second-order valence-corrected chi connectivity index (χ2v) is 3.00. The van der Waals surface area contributed by atoms with Gasteiger partial charge in [-0.15, -0.1) is 0 Å². The Balaban J connectivity index is 3.51. The summed E-state index contributed by atoms with van der Waals surface area (Å²) in [5.74, 6) is -2.96. The highest BCUT2D eigenvalue weighted by Crippen LogP contribution is 2.33. The Morgan fingerprint density at radius 1 is 1.50 bits per heavy atom. The van der Waals surface area contributed by atoms with Crippen LogP contribution < -0.4 is 4.74 Å². The van der Waals surface area contributed by atoms with E-state index in [4.69, 9.17) is 16.3 Å². The van der Waals surface area contributed by atoms with Gasteiger partial charge in [-0.1, -0.05) is 11.6 Å². The molecule has 1 aromatic rings. The number of benzene rings is 1. The molecule has 0 heterocycles. The van der Waals surface area contributed by atoms with Crippen LogP contribution in [0.5, 0.6) is 5.75 Å². The number of halogens is 3. The van der Waals surface area contributed by atoms with Crippen LogP contribution in [0.4, 0.5) is 8.78 Å². The van der Waals surface area contributed by atoms with Gasteiger partial charge in [-0.2, -0.15) is 0 Å². The van der Waals surface area contributed by atoms with Crippen molar-refractivity contribution in [2.45, 2.75) is 6.92 Å². The molecule has 0 amide bonds. The lowest BCUT2D eigenvalue weighted by molar-refractivity contribution is 0.101. The lowest BCUT2D eigenvalue weighted by Crippen LogP contribution is -2.01. The SMILES string of the molecule is COc1c(C(C)=O)cc(F)c(F)c1Cl. The molecule has 1 aromatic carbocycles. The molecule has 2 nitrogen and oxygen atoms in total. The van der Waals surface area contributed by atoms with Gasteiger partial charge >= 0.3 is 0 Å². The van der Waals surface area contributed by atoms with Crippen molar-refractivity contribution in [3.8, 4) is 5.75 Å². The van der Waals surface area contributed by atoms with Crippen molar-refractivity contribution in [2.24, 2.45) is 0 Å². The van der Waals surface area contributed by atoms with Gasteiger partial charge in [-0.3, -0.25) is 4.79 Å². The number of rotatable bonds is 2. The van der Waals surface area contributed by atoms with Crippen LogP contribution in [0.3, 0.4) is 0 Å². The first-order valence-corrected chi connectivity index (χ1v) is 4.09. The fourth-order valence-electron chi connectivity index (χ4n) is 1.04. The molecule has 0 atom stereocenters. The Labute approximate surface area is 84.4 Å². The van der Waals surface area contributed by atoms with Gasteiger partial charge in [0, 0.05) is 0 Å². The highest BCUT2D eigenvalue weighted by molar-refractivity contribution is 6.32. The third kappa shape index (κ3) is 1.70. The van der Waals surface area contributed by atoms with Crippen LogP contribution in [0, 0.1) is 11.6 Å². The van der Waals surface area contributed by atoms with E-state index in [1.54, 1.807) is 0 Å². The first-order chi connectivity index (χ1) is 6.49. The Morgan fingerprint density at radius 3 is 2.50 bits per heavy atom. The van der Waals surface area contributed by atoms with Crippen molar-refractivity contribution < 1.29 is 18.3 Å². The maximum Gasteiger partial charge on any atom is 0.181 e. The molecule has 0 spiro atoms. The Morgan fingerprint density at radius 2 is 2.07 bits per heavy atom. The molecule has 0 bridgehead atoms. The number of ether oxygens (including phenoxy) is 1. The van der Waals surface area contributed by atoms with Crippen molar-refractivity contribution in [2.75, 3.05) is 7.11 Å². The van der Waals surface area contributed by atoms with Gasteiger partial charge in [0.2, 0.25) is 0 Å². The van der Waals surface area contributed by atoms with Crippen molar-refractivity contribution in [1.82, 2.24) is 0 Å². The fourth-order valence-corrected chi connectivity index (χ4v) is 1.31. The summed E-state index contributed by atoms with van der Waals surface area (Å²) in [6.45, 7) is 1.21. The summed E-state index contributed by atoms with van der Waals surface area (Å²) in [6, 6.07) is 0.766. The average molecular weight is 221 g/mol. The van der Waals surface area contributed by atoms with Gasteiger partial charge in [0.05, 0.1) is 12.7 Å². The molecule has 0 aromatic heterocycles. The molecule has 0 N–H and O–H groups in total. The number of carbonyl (C=O) groups is 1. The van der Waals surface area contributed by atoms with E-state index < -0.39 is 22.4 Å². The normalized spacial score (nSPS) is 10.1. The molecule has 0 aliphatic carbocycles. The van der Waals surface area contributed by atoms with Gasteiger partial charge in [-0.05, 0) is 13.0 Å². The minimum absolute atomic E-state index is 0.0728. The van der Waals surface area contributed by atoms with Crippen molar-refractivity contribution >= 4 is 17.4 Å². The van der Waals surface area contributed by atoms with E-state index in [0.717, 1.165) is 6.07 Å². The number of Topliss-reactive ketones (excluding diaryl/α,β-unsaturated/α-hetero) is 1. The maximum absolute atomic E-state index is 12.9. The minimum atomic E-state index is -1.21. The second kappa shape index (κ2) is 3.92.